The molecule has 0 radical (unpaired) electrons. The summed E-state index contributed by atoms with van der Waals surface area (Å²) in [5.74, 6) is 5.86. The molecule has 0 fully saturated rings. The molecule has 322 valence electrons. The highest BCUT2D eigenvalue weighted by Gasteiger charge is 2.28. The van der Waals surface area contributed by atoms with Crippen molar-refractivity contribution >= 4 is 44.1 Å². The van der Waals surface area contributed by atoms with Gasteiger partial charge in [-0.3, -0.25) is 19.9 Å². The lowest BCUT2D eigenvalue weighted by molar-refractivity contribution is 0.483. The minimum absolute atomic E-state index is 0.344. The van der Waals surface area contributed by atoms with Crippen molar-refractivity contribution in [3.8, 4) is 91.5 Å². The Morgan fingerprint density at radius 3 is 1.00 bits per heavy atom. The van der Waals surface area contributed by atoms with E-state index in [2.05, 4.69) is 29.9 Å². The van der Waals surface area contributed by atoms with Gasteiger partial charge in [0.05, 0.1) is 21.9 Å². The van der Waals surface area contributed by atoms with Gasteiger partial charge in [-0.1, -0.05) is 48.5 Å². The fourth-order valence-corrected chi connectivity index (χ4v) is 8.33. The van der Waals surface area contributed by atoms with Crippen molar-refractivity contribution in [2.45, 2.75) is 0 Å². The van der Waals surface area contributed by atoms with Gasteiger partial charge in [0.15, 0.2) is 23.3 Å². The number of pyridine rings is 4. The molecule has 4 aromatic carbocycles. The Hall–Kier alpha value is -9.96. The molecule has 16 nitrogen and oxygen atoms in total. The van der Waals surface area contributed by atoms with Gasteiger partial charge in [0.1, 0.15) is 68.6 Å². The van der Waals surface area contributed by atoms with Crippen molar-refractivity contribution in [2.24, 2.45) is 0 Å². The Labute approximate surface area is 384 Å². The van der Waals surface area contributed by atoms with Gasteiger partial charge in [0, 0.05) is 71.5 Å². The Kier molecular flexibility index (Phi) is 9.02. The Morgan fingerprint density at radius 1 is 0.294 bits per heavy atom. The zero-order valence-electron chi connectivity index (χ0n) is 35.3. The van der Waals surface area contributed by atoms with E-state index >= 15 is 0 Å². The van der Waals surface area contributed by atoms with Crippen molar-refractivity contribution < 1.29 is 18.9 Å². The molecule has 0 saturated carbocycles. The normalized spacial score (nSPS) is 11.5. The van der Waals surface area contributed by atoms with Crippen LogP contribution in [0.5, 0.6) is 46.0 Å². The Bertz CT molecular complexity index is 3670. The van der Waals surface area contributed by atoms with Crippen LogP contribution < -0.4 is 18.9 Å². The lowest BCUT2D eigenvalue weighted by Crippen LogP contribution is -1.90. The monoisotopic (exact) mass is 886 g/mol. The van der Waals surface area contributed by atoms with Crippen LogP contribution in [0.2, 0.25) is 0 Å². The molecule has 9 heterocycles. The predicted octanol–water partition coefficient (Wildman–Crippen LogP) is 11.6. The summed E-state index contributed by atoms with van der Waals surface area (Å²) in [6.45, 7) is 0. The molecule has 0 aliphatic carbocycles. The number of aromatic nitrogens is 12. The first-order valence-electron chi connectivity index (χ1n) is 21.3. The van der Waals surface area contributed by atoms with E-state index in [-0.39, 0.29) is 0 Å². The molecule has 2 aliphatic heterocycles. The molecular formula is C52H30N12O4. The number of aromatic amines is 2. The van der Waals surface area contributed by atoms with Gasteiger partial charge in [0.2, 0.25) is 0 Å². The molecule has 2 aliphatic rings. The lowest BCUT2D eigenvalue weighted by atomic mass is 10.1. The number of ether oxygens (including phenoxy) is 4. The highest BCUT2D eigenvalue weighted by atomic mass is 16.5. The topological polar surface area (TPSA) is 197 Å². The predicted molar refractivity (Wildman–Crippen MR) is 253 cm³/mol. The molecule has 11 aromatic rings. The first-order chi connectivity index (χ1) is 33.7. The van der Waals surface area contributed by atoms with Crippen LogP contribution >= 0.6 is 0 Å². The van der Waals surface area contributed by atoms with E-state index in [4.69, 9.17) is 48.9 Å². The fraction of sp³-hybridized carbons (Fsp3) is 0. The molecule has 0 unspecified atom stereocenters. The van der Waals surface area contributed by atoms with E-state index in [1.165, 1.54) is 0 Å². The van der Waals surface area contributed by atoms with Gasteiger partial charge in [-0.2, -0.15) is 0 Å². The van der Waals surface area contributed by atoms with Crippen LogP contribution in [0.4, 0.5) is 0 Å². The average Bonchev–Trinajstić information content (AvgIpc) is 4.12. The largest absolute Gasteiger partial charge is 0.456 e. The van der Waals surface area contributed by atoms with Crippen LogP contribution in [0, 0.1) is 0 Å². The first-order valence-corrected chi connectivity index (χ1v) is 21.3. The van der Waals surface area contributed by atoms with Crippen molar-refractivity contribution in [1.82, 2.24) is 59.8 Å². The van der Waals surface area contributed by atoms with Crippen molar-refractivity contribution in [2.75, 3.05) is 0 Å². The summed E-state index contributed by atoms with van der Waals surface area (Å²) in [5.41, 5.74) is 4.40. The summed E-state index contributed by atoms with van der Waals surface area (Å²) < 4.78 is 26.2. The third-order valence-corrected chi connectivity index (χ3v) is 11.3. The number of hydrogen-bond donors (Lipinski definition) is 2. The number of nitrogens with one attached hydrogen (secondary N) is 2. The second kappa shape index (κ2) is 15.9. The maximum absolute atomic E-state index is 6.54. The van der Waals surface area contributed by atoms with Crippen molar-refractivity contribution in [1.29, 1.82) is 0 Å². The summed E-state index contributed by atoms with van der Waals surface area (Å²) in [7, 11) is 0. The highest BCUT2D eigenvalue weighted by molar-refractivity contribution is 6.10. The van der Waals surface area contributed by atoms with E-state index in [0.29, 0.717) is 136 Å². The molecule has 0 spiro atoms. The minimum Gasteiger partial charge on any atom is -0.456 e. The first kappa shape index (κ1) is 38.5. The van der Waals surface area contributed by atoms with Crippen LogP contribution in [0.25, 0.3) is 89.7 Å². The molecule has 7 aromatic heterocycles. The summed E-state index contributed by atoms with van der Waals surface area (Å²) in [5, 5.41) is 2.73. The molecule has 68 heavy (non-hydrogen) atoms. The average molecular weight is 887 g/mol. The van der Waals surface area contributed by atoms with E-state index < -0.39 is 0 Å². The highest BCUT2D eigenvalue weighted by Crippen LogP contribution is 2.46. The smallest absolute Gasteiger partial charge is 0.168 e. The van der Waals surface area contributed by atoms with Crippen LogP contribution in [0.3, 0.4) is 0 Å². The Morgan fingerprint density at radius 2 is 0.618 bits per heavy atom. The van der Waals surface area contributed by atoms with Crippen LogP contribution in [0.1, 0.15) is 0 Å². The standard InChI is InChI=1S/C52H30N12O4/c1-5-33-41(37(9-1)65-29-13-21-53-22-14-29)49-57-45(33)61-50-42-34(6-2-10-38(42)66-30-15-23-54-24-16-30)47(58-50)63-52-44-36(8-4-12-40(44)68-32-19-27-56-28-20-32)48(60-52)64-51-43-35(46(59-51)62-49)7-3-11-39(43)67-31-17-25-55-26-18-31/h1-28H,(H2,57,58,59,60,61,62,63,64). The van der Waals surface area contributed by atoms with Crippen LogP contribution in [-0.2, 0) is 0 Å². The lowest BCUT2D eigenvalue weighted by Gasteiger charge is -2.09. The van der Waals surface area contributed by atoms with Crippen LogP contribution in [0.15, 0.2) is 171 Å². The zero-order chi connectivity index (χ0) is 45.0. The SMILES string of the molecule is c1cc(Oc2ccncc2)c2c(c1)-c1nc-2nc2[nH]c(nc3nc(nc4[nH]c(n1)c1c(Oc5ccncc5)cccc41)-c1c(Oc4ccncc4)cccc1-3)c1c(Oc3ccncc3)cccc21. The maximum atomic E-state index is 6.54. The fourth-order valence-electron chi connectivity index (χ4n) is 8.33. The minimum atomic E-state index is 0.344. The van der Waals surface area contributed by atoms with E-state index in [0.717, 1.165) is 0 Å². The van der Waals surface area contributed by atoms with Gasteiger partial charge >= 0.3 is 0 Å². The zero-order valence-corrected chi connectivity index (χ0v) is 35.3. The number of rotatable bonds is 8. The molecule has 0 atom stereocenters. The maximum Gasteiger partial charge on any atom is 0.168 e. The number of hydrogen-bond acceptors (Lipinski definition) is 14. The van der Waals surface area contributed by atoms with Gasteiger partial charge in [-0.05, 0) is 72.8 Å². The molecule has 8 bridgehead atoms. The van der Waals surface area contributed by atoms with Crippen molar-refractivity contribution in [3.63, 3.8) is 0 Å². The Balaban J connectivity index is 1.15. The summed E-state index contributed by atoms with van der Waals surface area (Å²) in [6, 6.07) is 37.2. The molecular weight excluding hydrogens is 857 g/mol. The quantitative estimate of drug-likeness (QED) is 0.146. The van der Waals surface area contributed by atoms with E-state index in [9.17, 15) is 0 Å². The van der Waals surface area contributed by atoms with E-state index in [1.54, 1.807) is 98.1 Å². The number of H-pyrrole nitrogens is 2. The molecule has 2 N–H and O–H groups in total. The molecule has 0 saturated heterocycles. The molecule has 0 amide bonds. The number of fused-ring (bicyclic) bond motifs is 20. The van der Waals surface area contributed by atoms with E-state index in [1.807, 2.05) is 72.8 Å². The van der Waals surface area contributed by atoms with Gasteiger partial charge in [-0.25, -0.2) is 29.9 Å². The van der Waals surface area contributed by atoms with Crippen molar-refractivity contribution in [3.05, 3.63) is 171 Å². The van der Waals surface area contributed by atoms with Gasteiger partial charge in [0.25, 0.3) is 0 Å². The van der Waals surface area contributed by atoms with Gasteiger partial charge < -0.3 is 28.9 Å². The molecule has 13 rings (SSSR count). The van der Waals surface area contributed by atoms with Crippen LogP contribution in [-0.4, -0.2) is 59.8 Å². The van der Waals surface area contributed by atoms with Gasteiger partial charge in [-0.15, -0.1) is 0 Å². The second-order valence-electron chi connectivity index (χ2n) is 15.5. The summed E-state index contributed by atoms with van der Waals surface area (Å²) in [4.78, 5) is 55.2. The third kappa shape index (κ3) is 6.80. The number of benzene rings is 4. The molecule has 16 heteroatoms. The second-order valence-corrected chi connectivity index (χ2v) is 15.5. The third-order valence-electron chi connectivity index (χ3n) is 11.3. The summed E-state index contributed by atoms with van der Waals surface area (Å²) in [6.07, 6.45) is 13.4. The number of nitrogens with zero attached hydrogens (tertiary/aromatic N) is 10. The summed E-state index contributed by atoms with van der Waals surface area (Å²) >= 11 is 0.